The Balaban J connectivity index is 1.77. The first kappa shape index (κ1) is 14.3. The number of likely N-dealkylation sites (tertiary alicyclic amines) is 1. The molecule has 1 saturated carbocycles. The van der Waals surface area contributed by atoms with Crippen molar-refractivity contribution in [3.8, 4) is 0 Å². The zero-order chi connectivity index (χ0) is 13.0. The van der Waals surface area contributed by atoms with Gasteiger partial charge in [0.1, 0.15) is 0 Å². The first-order chi connectivity index (χ1) is 8.76. The van der Waals surface area contributed by atoms with Gasteiger partial charge >= 0.3 is 0 Å². The molecule has 0 bridgehead atoms. The van der Waals surface area contributed by atoms with E-state index in [1.807, 2.05) is 7.11 Å². The van der Waals surface area contributed by atoms with Gasteiger partial charge in [0.2, 0.25) is 0 Å². The minimum absolute atomic E-state index is 0.448. The summed E-state index contributed by atoms with van der Waals surface area (Å²) in [6.07, 6.45) is 5.78. The number of hydrogen-bond acceptors (Lipinski definition) is 3. The van der Waals surface area contributed by atoms with Gasteiger partial charge < -0.3 is 10.1 Å². The fraction of sp³-hybridized carbons (Fsp3) is 1.00. The minimum Gasteiger partial charge on any atom is -0.380 e. The molecule has 2 aliphatic rings. The van der Waals surface area contributed by atoms with Crippen molar-refractivity contribution in [2.45, 2.75) is 51.7 Å². The van der Waals surface area contributed by atoms with E-state index in [1.165, 1.54) is 45.3 Å². The first-order valence-corrected chi connectivity index (χ1v) is 7.73. The monoisotopic (exact) mass is 254 g/mol. The second-order valence-corrected chi connectivity index (χ2v) is 6.14. The predicted molar refractivity (Wildman–Crippen MR) is 75.8 cm³/mol. The largest absolute Gasteiger partial charge is 0.380 e. The van der Waals surface area contributed by atoms with Gasteiger partial charge in [-0.3, -0.25) is 4.90 Å². The van der Waals surface area contributed by atoms with Gasteiger partial charge in [-0.2, -0.15) is 0 Å². The maximum absolute atomic E-state index is 5.63. The molecule has 2 fully saturated rings. The van der Waals surface area contributed by atoms with Crippen LogP contribution in [0.1, 0.15) is 39.5 Å². The van der Waals surface area contributed by atoms with Crippen molar-refractivity contribution in [3.05, 3.63) is 0 Å². The van der Waals surface area contributed by atoms with Crippen LogP contribution in [0.4, 0.5) is 0 Å². The van der Waals surface area contributed by atoms with E-state index in [1.54, 1.807) is 0 Å². The van der Waals surface area contributed by atoms with Crippen LogP contribution in [-0.4, -0.2) is 50.3 Å². The van der Waals surface area contributed by atoms with Gasteiger partial charge in [0.15, 0.2) is 0 Å². The highest BCUT2D eigenvalue weighted by Gasteiger charge is 2.38. The lowest BCUT2D eigenvalue weighted by atomic mass is 9.77. The molecular formula is C15H30N2O. The SMILES string of the molecule is CCCNCC1CCC1N1CCC(C)C(OC)C1. The number of piperidine rings is 1. The summed E-state index contributed by atoms with van der Waals surface area (Å²) in [6, 6.07) is 0.819. The first-order valence-electron chi connectivity index (χ1n) is 7.73. The standard InChI is InChI=1S/C15H30N2O/c1-4-8-16-10-13-5-6-14(13)17-9-7-12(2)15(11-17)18-3/h12-16H,4-11H2,1-3H3. The van der Waals surface area contributed by atoms with Crippen LogP contribution in [0.15, 0.2) is 0 Å². The second kappa shape index (κ2) is 6.88. The average Bonchev–Trinajstić information content (AvgIpc) is 2.35. The Morgan fingerprint density at radius 3 is 2.72 bits per heavy atom. The highest BCUT2D eigenvalue weighted by Crippen LogP contribution is 2.34. The molecule has 1 heterocycles. The van der Waals surface area contributed by atoms with Crippen molar-refractivity contribution in [1.82, 2.24) is 10.2 Å². The number of ether oxygens (including phenoxy) is 1. The molecule has 106 valence electrons. The van der Waals surface area contributed by atoms with Gasteiger partial charge in [0, 0.05) is 19.7 Å². The third kappa shape index (κ3) is 3.25. The Bertz CT molecular complexity index is 247. The van der Waals surface area contributed by atoms with E-state index in [0.717, 1.165) is 24.4 Å². The molecule has 0 aromatic rings. The summed E-state index contributed by atoms with van der Waals surface area (Å²) >= 11 is 0. The average molecular weight is 254 g/mol. The molecule has 4 unspecified atom stereocenters. The molecular weight excluding hydrogens is 224 g/mol. The Morgan fingerprint density at radius 1 is 1.28 bits per heavy atom. The number of rotatable bonds is 6. The summed E-state index contributed by atoms with van der Waals surface area (Å²) in [5, 5.41) is 3.58. The van der Waals surface area contributed by atoms with Crippen molar-refractivity contribution < 1.29 is 4.74 Å². The van der Waals surface area contributed by atoms with Crippen LogP contribution >= 0.6 is 0 Å². The van der Waals surface area contributed by atoms with Crippen molar-refractivity contribution in [3.63, 3.8) is 0 Å². The second-order valence-electron chi connectivity index (χ2n) is 6.14. The molecule has 0 aromatic heterocycles. The maximum atomic E-state index is 5.63. The van der Waals surface area contributed by atoms with Crippen LogP contribution in [0, 0.1) is 11.8 Å². The lowest BCUT2D eigenvalue weighted by molar-refractivity contribution is -0.0471. The highest BCUT2D eigenvalue weighted by molar-refractivity contribution is 4.93. The van der Waals surface area contributed by atoms with Gasteiger partial charge in [-0.1, -0.05) is 13.8 Å². The molecule has 0 radical (unpaired) electrons. The van der Waals surface area contributed by atoms with Gasteiger partial charge in [0.25, 0.3) is 0 Å². The molecule has 1 saturated heterocycles. The molecule has 3 heteroatoms. The van der Waals surface area contributed by atoms with Crippen LogP contribution in [0.5, 0.6) is 0 Å². The van der Waals surface area contributed by atoms with Gasteiger partial charge in [-0.05, 0) is 57.2 Å². The molecule has 3 nitrogen and oxygen atoms in total. The molecule has 0 aromatic carbocycles. The summed E-state index contributed by atoms with van der Waals surface area (Å²) in [4.78, 5) is 2.69. The smallest absolute Gasteiger partial charge is 0.0724 e. The maximum Gasteiger partial charge on any atom is 0.0724 e. The minimum atomic E-state index is 0.448. The number of hydrogen-bond donors (Lipinski definition) is 1. The van der Waals surface area contributed by atoms with Crippen molar-refractivity contribution in [1.29, 1.82) is 0 Å². The number of nitrogens with one attached hydrogen (secondary N) is 1. The Hall–Kier alpha value is -0.120. The normalized spacial score (nSPS) is 37.5. The van der Waals surface area contributed by atoms with Gasteiger partial charge in [-0.15, -0.1) is 0 Å². The molecule has 0 amide bonds. The summed E-state index contributed by atoms with van der Waals surface area (Å²) < 4.78 is 5.63. The molecule has 0 spiro atoms. The van der Waals surface area contributed by atoms with Gasteiger partial charge in [0.05, 0.1) is 6.10 Å². The van der Waals surface area contributed by atoms with Crippen molar-refractivity contribution in [2.75, 3.05) is 33.3 Å². The zero-order valence-corrected chi connectivity index (χ0v) is 12.3. The topological polar surface area (TPSA) is 24.5 Å². The van der Waals surface area contributed by atoms with Crippen molar-refractivity contribution >= 4 is 0 Å². The third-order valence-electron chi connectivity index (χ3n) is 4.90. The summed E-state index contributed by atoms with van der Waals surface area (Å²) in [5.41, 5.74) is 0. The lowest BCUT2D eigenvalue weighted by Crippen LogP contribution is -2.56. The predicted octanol–water partition coefficient (Wildman–Crippen LogP) is 2.12. The Kier molecular flexibility index (Phi) is 5.46. The lowest BCUT2D eigenvalue weighted by Gasteiger charge is -2.48. The Labute approximate surface area is 112 Å². The van der Waals surface area contributed by atoms with Crippen LogP contribution in [0.3, 0.4) is 0 Å². The van der Waals surface area contributed by atoms with E-state index in [9.17, 15) is 0 Å². The quantitative estimate of drug-likeness (QED) is 0.735. The third-order valence-corrected chi connectivity index (χ3v) is 4.90. The van der Waals surface area contributed by atoms with Crippen LogP contribution < -0.4 is 5.32 Å². The van der Waals surface area contributed by atoms with E-state index in [-0.39, 0.29) is 0 Å². The van der Waals surface area contributed by atoms with E-state index in [4.69, 9.17) is 4.74 Å². The zero-order valence-electron chi connectivity index (χ0n) is 12.3. The highest BCUT2D eigenvalue weighted by atomic mass is 16.5. The van der Waals surface area contributed by atoms with E-state index >= 15 is 0 Å². The number of methoxy groups -OCH3 is 1. The molecule has 2 rings (SSSR count). The summed E-state index contributed by atoms with van der Waals surface area (Å²) in [5.74, 6) is 1.60. The fourth-order valence-electron chi connectivity index (χ4n) is 3.40. The molecule has 1 N–H and O–H groups in total. The number of nitrogens with zero attached hydrogens (tertiary/aromatic N) is 1. The van der Waals surface area contributed by atoms with Gasteiger partial charge in [-0.25, -0.2) is 0 Å². The van der Waals surface area contributed by atoms with E-state index in [0.29, 0.717) is 6.10 Å². The summed E-state index contributed by atoms with van der Waals surface area (Å²) in [7, 11) is 1.87. The molecule has 1 aliphatic carbocycles. The Morgan fingerprint density at radius 2 is 2.11 bits per heavy atom. The van der Waals surface area contributed by atoms with E-state index < -0.39 is 0 Å². The van der Waals surface area contributed by atoms with Crippen molar-refractivity contribution in [2.24, 2.45) is 11.8 Å². The molecule has 4 atom stereocenters. The van der Waals surface area contributed by atoms with E-state index in [2.05, 4.69) is 24.1 Å². The van der Waals surface area contributed by atoms with Crippen LogP contribution in [0.2, 0.25) is 0 Å². The molecule has 1 aliphatic heterocycles. The summed E-state index contributed by atoms with van der Waals surface area (Å²) in [6.45, 7) is 9.36. The van der Waals surface area contributed by atoms with Crippen LogP contribution in [0.25, 0.3) is 0 Å². The van der Waals surface area contributed by atoms with Crippen LogP contribution in [-0.2, 0) is 4.74 Å². The fourth-order valence-corrected chi connectivity index (χ4v) is 3.40. The molecule has 18 heavy (non-hydrogen) atoms.